The number of methoxy groups -OCH3 is 1. The lowest BCUT2D eigenvalue weighted by Crippen LogP contribution is -2.18. The molecule has 0 saturated carbocycles. The third kappa shape index (κ3) is 6.64. The zero-order valence-corrected chi connectivity index (χ0v) is 21.3. The van der Waals surface area contributed by atoms with Gasteiger partial charge in [0.1, 0.15) is 12.4 Å². The molecule has 0 bridgehead atoms. The largest absolute Gasteiger partial charge is 0.495 e. The summed E-state index contributed by atoms with van der Waals surface area (Å²) in [4.78, 5) is 13.3. The van der Waals surface area contributed by atoms with E-state index in [9.17, 15) is 9.90 Å². The second-order valence-corrected chi connectivity index (χ2v) is 11.6. The van der Waals surface area contributed by atoms with Crippen LogP contribution in [0.2, 0.25) is 4.34 Å². The van der Waals surface area contributed by atoms with Gasteiger partial charge in [-0.2, -0.15) is 0 Å². The minimum absolute atomic E-state index is 0.0560. The molecule has 32 heavy (non-hydrogen) atoms. The van der Waals surface area contributed by atoms with Crippen molar-refractivity contribution in [1.29, 1.82) is 0 Å². The van der Waals surface area contributed by atoms with E-state index < -0.39 is 5.97 Å². The molecule has 2 aromatic rings. The lowest BCUT2D eigenvalue weighted by molar-refractivity contribution is 0.0436. The van der Waals surface area contributed by atoms with Crippen LogP contribution < -0.4 is 4.74 Å². The molecule has 3 rings (SSSR count). The van der Waals surface area contributed by atoms with Gasteiger partial charge < -0.3 is 24.4 Å². The quantitative estimate of drug-likeness (QED) is 0.284. The van der Waals surface area contributed by atoms with Crippen LogP contribution in [-0.2, 0) is 22.7 Å². The molecule has 0 amide bonds. The predicted octanol–water partition coefficient (Wildman–Crippen LogP) is 5.18. The van der Waals surface area contributed by atoms with E-state index in [-0.39, 0.29) is 31.7 Å². The fraction of sp³-hybridized carbons (Fsp3) is 0.476. The Hall–Kier alpha value is -0.780. The standard InChI is InChI=1S/C21H24Cl2O6S3/c1-27-17-7-14(31-19(17)21(26)29-5-4-24)10-28-9-12-2-3-16(22)15(12)11-30-18-6-13(8-25)20(23)32-18/h3,6-7,12,15,24-25H,2,4-5,8-11H2,1H3/t12-,15-/m1/s1. The van der Waals surface area contributed by atoms with E-state index in [0.717, 1.165) is 31.9 Å². The van der Waals surface area contributed by atoms with Crippen LogP contribution in [0.15, 0.2) is 27.5 Å². The molecule has 0 radical (unpaired) electrons. The molecule has 0 aliphatic heterocycles. The van der Waals surface area contributed by atoms with Crippen molar-refractivity contribution in [1.82, 2.24) is 0 Å². The molecule has 0 spiro atoms. The van der Waals surface area contributed by atoms with Crippen molar-refractivity contribution in [3.05, 3.63) is 42.9 Å². The predicted molar refractivity (Wildman–Crippen MR) is 129 cm³/mol. The van der Waals surface area contributed by atoms with Crippen LogP contribution in [0.5, 0.6) is 5.75 Å². The Kier molecular flexibility index (Phi) is 10.2. The third-order valence-corrected chi connectivity index (χ3v) is 9.17. The SMILES string of the molecule is COc1cc(COC[C@H]2CC=C(Cl)[C@@H]2CSc2cc(CO)c(Cl)s2)sc1C(=O)OCCO. The minimum Gasteiger partial charge on any atom is -0.495 e. The molecular weight excluding hydrogens is 515 g/mol. The second kappa shape index (κ2) is 12.6. The number of rotatable bonds is 12. The average Bonchev–Trinajstić information content (AvgIpc) is 3.47. The number of carbonyl (C=O) groups excluding carboxylic acids is 1. The molecular formula is C21H24Cl2O6S3. The first kappa shape index (κ1) is 25.8. The highest BCUT2D eigenvalue weighted by Gasteiger charge is 2.29. The van der Waals surface area contributed by atoms with E-state index in [1.54, 1.807) is 17.8 Å². The second-order valence-electron chi connectivity index (χ2n) is 7.01. The number of thioether (sulfide) groups is 1. The van der Waals surface area contributed by atoms with Gasteiger partial charge in [0.2, 0.25) is 0 Å². The van der Waals surface area contributed by atoms with Gasteiger partial charge in [-0.15, -0.1) is 34.4 Å². The van der Waals surface area contributed by atoms with Gasteiger partial charge >= 0.3 is 5.97 Å². The van der Waals surface area contributed by atoms with Crippen molar-refractivity contribution >= 4 is 63.6 Å². The van der Waals surface area contributed by atoms with E-state index in [4.69, 9.17) is 42.5 Å². The molecule has 2 atom stereocenters. The van der Waals surface area contributed by atoms with Gasteiger partial charge in [0, 0.05) is 27.1 Å². The molecule has 6 nitrogen and oxygen atoms in total. The van der Waals surface area contributed by atoms with Crippen LogP contribution in [0.3, 0.4) is 0 Å². The summed E-state index contributed by atoms with van der Waals surface area (Å²) in [6.07, 6.45) is 2.90. The Balaban J connectivity index is 1.52. The van der Waals surface area contributed by atoms with Crippen molar-refractivity contribution in [3.8, 4) is 5.75 Å². The third-order valence-electron chi connectivity index (χ3n) is 4.90. The summed E-state index contributed by atoms with van der Waals surface area (Å²) in [7, 11) is 1.49. The first-order valence-electron chi connectivity index (χ1n) is 9.86. The van der Waals surface area contributed by atoms with E-state index in [1.165, 1.54) is 29.8 Å². The molecule has 0 aromatic carbocycles. The Labute approximate surface area is 209 Å². The van der Waals surface area contributed by atoms with Gasteiger partial charge in [0.15, 0.2) is 4.88 Å². The number of esters is 1. The molecule has 0 unspecified atom stereocenters. The lowest BCUT2D eigenvalue weighted by Gasteiger charge is -2.20. The Morgan fingerprint density at radius 2 is 2.09 bits per heavy atom. The van der Waals surface area contributed by atoms with Crippen LogP contribution in [0.4, 0.5) is 0 Å². The number of ether oxygens (including phenoxy) is 3. The first-order valence-corrected chi connectivity index (χ1v) is 13.2. The highest BCUT2D eigenvalue weighted by molar-refractivity contribution is 8.01. The zero-order valence-electron chi connectivity index (χ0n) is 17.3. The molecule has 2 aromatic heterocycles. The molecule has 0 saturated heterocycles. The van der Waals surface area contributed by atoms with Crippen LogP contribution in [0.1, 0.15) is 26.5 Å². The van der Waals surface area contributed by atoms with Crippen molar-refractivity contribution in [2.75, 3.05) is 32.7 Å². The molecule has 1 aliphatic carbocycles. The summed E-state index contributed by atoms with van der Waals surface area (Å²) in [5.41, 5.74) is 0.748. The van der Waals surface area contributed by atoms with Gasteiger partial charge in [-0.1, -0.05) is 29.3 Å². The highest BCUT2D eigenvalue weighted by atomic mass is 35.5. The maximum atomic E-state index is 12.1. The van der Waals surface area contributed by atoms with Gasteiger partial charge in [-0.25, -0.2) is 4.79 Å². The van der Waals surface area contributed by atoms with Crippen molar-refractivity contribution in [2.24, 2.45) is 11.8 Å². The summed E-state index contributed by atoms with van der Waals surface area (Å²) in [6.45, 7) is 0.539. The number of hydrogen-bond acceptors (Lipinski definition) is 9. The summed E-state index contributed by atoms with van der Waals surface area (Å²) in [5, 5.41) is 19.0. The molecule has 176 valence electrons. The van der Waals surface area contributed by atoms with Crippen molar-refractivity contribution in [3.63, 3.8) is 0 Å². The van der Waals surface area contributed by atoms with E-state index >= 15 is 0 Å². The van der Waals surface area contributed by atoms with Crippen LogP contribution in [-0.4, -0.2) is 48.9 Å². The summed E-state index contributed by atoms with van der Waals surface area (Å²) in [5.74, 6) is 1.17. The monoisotopic (exact) mass is 538 g/mol. The van der Waals surface area contributed by atoms with Gasteiger partial charge in [0.05, 0.1) is 42.1 Å². The number of allylic oxidation sites excluding steroid dienone is 2. The van der Waals surface area contributed by atoms with Crippen molar-refractivity contribution < 1.29 is 29.2 Å². The summed E-state index contributed by atoms with van der Waals surface area (Å²) >= 11 is 17.0. The Morgan fingerprint density at radius 3 is 2.78 bits per heavy atom. The normalized spacial score (nSPS) is 18.1. The van der Waals surface area contributed by atoms with Gasteiger partial charge in [0.25, 0.3) is 0 Å². The number of halogens is 2. The average molecular weight is 540 g/mol. The maximum Gasteiger partial charge on any atom is 0.352 e. The molecule has 2 N–H and O–H groups in total. The van der Waals surface area contributed by atoms with Crippen LogP contribution >= 0.6 is 57.6 Å². The molecule has 0 fully saturated rings. The van der Waals surface area contributed by atoms with Crippen LogP contribution in [0.25, 0.3) is 0 Å². The summed E-state index contributed by atoms with van der Waals surface area (Å²) < 4.78 is 17.9. The van der Waals surface area contributed by atoms with E-state index in [0.29, 0.717) is 28.2 Å². The fourth-order valence-corrected chi connectivity index (χ4v) is 7.48. The van der Waals surface area contributed by atoms with E-state index in [2.05, 4.69) is 0 Å². The number of carbonyl (C=O) groups is 1. The van der Waals surface area contributed by atoms with Crippen LogP contribution in [0, 0.1) is 11.8 Å². The fourth-order valence-electron chi connectivity index (χ4n) is 3.24. The smallest absolute Gasteiger partial charge is 0.352 e. The first-order chi connectivity index (χ1) is 15.5. The minimum atomic E-state index is -0.519. The summed E-state index contributed by atoms with van der Waals surface area (Å²) in [6, 6.07) is 3.69. The molecule has 1 aliphatic rings. The number of aliphatic hydroxyl groups excluding tert-OH is 2. The van der Waals surface area contributed by atoms with E-state index in [1.807, 2.05) is 12.1 Å². The zero-order chi connectivity index (χ0) is 23.1. The van der Waals surface area contributed by atoms with Gasteiger partial charge in [-0.3, -0.25) is 0 Å². The number of hydrogen-bond donors (Lipinski definition) is 2. The maximum absolute atomic E-state index is 12.1. The lowest BCUT2D eigenvalue weighted by atomic mass is 9.98. The highest BCUT2D eigenvalue weighted by Crippen LogP contribution is 2.41. The van der Waals surface area contributed by atoms with Gasteiger partial charge in [-0.05, 0) is 24.5 Å². The molecule has 11 heteroatoms. The Morgan fingerprint density at radius 1 is 1.28 bits per heavy atom. The number of thiophene rings is 2. The number of aliphatic hydroxyl groups is 2. The Bertz CT molecular complexity index is 942. The topological polar surface area (TPSA) is 85.2 Å². The molecule has 2 heterocycles. The van der Waals surface area contributed by atoms with Crippen molar-refractivity contribution in [2.45, 2.75) is 23.8 Å².